The Morgan fingerprint density at radius 1 is 1.30 bits per heavy atom. The van der Waals surface area contributed by atoms with Gasteiger partial charge < -0.3 is 35.0 Å². The molecule has 8 heteroatoms. The van der Waals surface area contributed by atoms with Crippen LogP contribution >= 0.6 is 0 Å². The lowest BCUT2D eigenvalue weighted by Crippen LogP contribution is -2.59. The minimum atomic E-state index is -1.52. The van der Waals surface area contributed by atoms with Crippen LogP contribution in [0, 0.1) is 5.41 Å². The van der Waals surface area contributed by atoms with Crippen molar-refractivity contribution in [3.8, 4) is 0 Å². The molecule has 27 heavy (non-hydrogen) atoms. The average molecular weight is 386 g/mol. The highest BCUT2D eigenvalue weighted by molar-refractivity contribution is 5.92. The smallest absolute Gasteiger partial charge is 0.187 e. The van der Waals surface area contributed by atoms with Crippen LogP contribution in [0.5, 0.6) is 0 Å². The van der Waals surface area contributed by atoms with E-state index in [-0.39, 0.29) is 12.2 Å². The summed E-state index contributed by atoms with van der Waals surface area (Å²) in [6.45, 7) is 6.40. The molecule has 0 amide bonds. The minimum absolute atomic E-state index is 0.0406. The van der Waals surface area contributed by atoms with E-state index in [1.165, 1.54) is 6.08 Å². The van der Waals surface area contributed by atoms with E-state index in [4.69, 9.17) is 9.47 Å². The summed E-state index contributed by atoms with van der Waals surface area (Å²) < 4.78 is 10.9. The monoisotopic (exact) mass is 386 g/mol. The lowest BCUT2D eigenvalue weighted by atomic mass is 9.64. The number of aliphatic hydroxyl groups excluding tert-OH is 4. The molecule has 8 nitrogen and oxygen atoms in total. The zero-order valence-corrected chi connectivity index (χ0v) is 16.1. The topological polar surface area (TPSA) is 137 Å². The fourth-order valence-corrected chi connectivity index (χ4v) is 3.58. The quantitative estimate of drug-likeness (QED) is 0.396. The summed E-state index contributed by atoms with van der Waals surface area (Å²) in [6, 6.07) is 0. The number of carbonyl (C=O) groups is 1. The Morgan fingerprint density at radius 2 is 1.93 bits per heavy atom. The SMILES string of the molecule is CC1=CC(=O)CC(C)(C)[C@@]1(O)/C=C/[C@H](C)O[C@H]1O[C@@H](CO)[C@H](O)[C@@H](O)[C@@H]1O. The van der Waals surface area contributed by atoms with E-state index in [9.17, 15) is 30.3 Å². The van der Waals surface area contributed by atoms with Crippen LogP contribution in [-0.2, 0) is 14.3 Å². The van der Waals surface area contributed by atoms with Crippen molar-refractivity contribution in [2.24, 2.45) is 5.41 Å². The van der Waals surface area contributed by atoms with Gasteiger partial charge in [-0.15, -0.1) is 0 Å². The predicted octanol–water partition coefficient (Wildman–Crippen LogP) is -0.576. The highest BCUT2D eigenvalue weighted by Gasteiger charge is 2.47. The van der Waals surface area contributed by atoms with Gasteiger partial charge in [-0.1, -0.05) is 19.9 Å². The van der Waals surface area contributed by atoms with E-state index in [2.05, 4.69) is 0 Å². The van der Waals surface area contributed by atoms with Gasteiger partial charge in [-0.05, 0) is 31.6 Å². The Labute approximate surface area is 158 Å². The number of carbonyl (C=O) groups excluding carboxylic acids is 1. The second kappa shape index (κ2) is 8.08. The van der Waals surface area contributed by atoms with Gasteiger partial charge in [0.1, 0.15) is 30.0 Å². The number of ether oxygens (including phenoxy) is 2. The van der Waals surface area contributed by atoms with Crippen molar-refractivity contribution in [2.75, 3.05) is 6.61 Å². The van der Waals surface area contributed by atoms with E-state index >= 15 is 0 Å². The molecule has 0 aromatic rings. The summed E-state index contributed by atoms with van der Waals surface area (Å²) in [5.41, 5.74) is -1.52. The van der Waals surface area contributed by atoms with Gasteiger partial charge >= 0.3 is 0 Å². The molecule has 0 saturated carbocycles. The predicted molar refractivity (Wildman–Crippen MR) is 95.6 cm³/mol. The first-order valence-corrected chi connectivity index (χ1v) is 9.02. The molecule has 0 unspecified atom stereocenters. The standard InChI is InChI=1S/C19H30O8/c1-10-7-12(21)8-18(3,4)19(10,25)6-5-11(2)26-17-16(24)15(23)14(22)13(9-20)27-17/h5-7,11,13-17,20,22-25H,8-9H2,1-4H3/b6-5+/t11-,13-,14-,15+,16-,17-,19+/m0/s1. The third-order valence-electron chi connectivity index (χ3n) is 5.43. The average Bonchev–Trinajstić information content (AvgIpc) is 2.58. The van der Waals surface area contributed by atoms with Crippen molar-refractivity contribution in [3.05, 3.63) is 23.8 Å². The molecule has 154 valence electrons. The summed E-state index contributed by atoms with van der Waals surface area (Å²) in [5, 5.41) is 50.0. The molecule has 2 rings (SSSR count). The molecule has 0 bridgehead atoms. The first kappa shape index (κ1) is 22.2. The minimum Gasteiger partial charge on any atom is -0.394 e. The normalized spacial score (nSPS) is 40.9. The highest BCUT2D eigenvalue weighted by Crippen LogP contribution is 2.44. The molecular formula is C19H30O8. The largest absolute Gasteiger partial charge is 0.394 e. The van der Waals surface area contributed by atoms with Gasteiger partial charge in [-0.2, -0.15) is 0 Å². The van der Waals surface area contributed by atoms with Crippen LogP contribution in [0.25, 0.3) is 0 Å². The highest BCUT2D eigenvalue weighted by atomic mass is 16.7. The summed E-state index contributed by atoms with van der Waals surface area (Å²) in [5.74, 6) is -0.0406. The van der Waals surface area contributed by atoms with Crippen LogP contribution in [0.3, 0.4) is 0 Å². The third-order valence-corrected chi connectivity index (χ3v) is 5.43. The van der Waals surface area contributed by atoms with Gasteiger partial charge in [-0.25, -0.2) is 0 Å². The first-order chi connectivity index (χ1) is 12.4. The summed E-state index contributed by atoms with van der Waals surface area (Å²) in [7, 11) is 0. The number of aliphatic hydroxyl groups is 5. The van der Waals surface area contributed by atoms with Gasteiger partial charge in [-0.3, -0.25) is 4.79 Å². The fraction of sp³-hybridized carbons (Fsp3) is 0.737. The van der Waals surface area contributed by atoms with Crippen molar-refractivity contribution >= 4 is 5.78 Å². The molecule has 0 aromatic heterocycles. The number of rotatable bonds is 5. The number of ketones is 1. The lowest BCUT2D eigenvalue weighted by Gasteiger charge is -2.44. The van der Waals surface area contributed by atoms with E-state index < -0.39 is 54.4 Å². The summed E-state index contributed by atoms with van der Waals surface area (Å²) in [4.78, 5) is 11.8. The second-order valence-electron chi connectivity index (χ2n) is 8.02. The Balaban J connectivity index is 2.11. The maximum Gasteiger partial charge on any atom is 0.187 e. The van der Waals surface area contributed by atoms with Crippen LogP contribution in [0.1, 0.15) is 34.1 Å². The van der Waals surface area contributed by atoms with Gasteiger partial charge in [0.25, 0.3) is 0 Å². The Hall–Kier alpha value is -1.13. The molecule has 1 aliphatic carbocycles. The van der Waals surface area contributed by atoms with Crippen molar-refractivity contribution in [1.29, 1.82) is 0 Å². The molecule has 7 atom stereocenters. The molecule has 1 aliphatic heterocycles. The van der Waals surface area contributed by atoms with Crippen LogP contribution in [0.4, 0.5) is 0 Å². The Bertz CT molecular complexity index is 611. The Morgan fingerprint density at radius 3 is 2.48 bits per heavy atom. The fourth-order valence-electron chi connectivity index (χ4n) is 3.58. The Kier molecular flexibility index (Phi) is 6.63. The molecule has 0 spiro atoms. The summed E-state index contributed by atoms with van der Waals surface area (Å²) >= 11 is 0. The van der Waals surface area contributed by atoms with Crippen molar-refractivity contribution < 1.29 is 39.8 Å². The van der Waals surface area contributed by atoms with Gasteiger partial charge in [0.15, 0.2) is 12.1 Å². The van der Waals surface area contributed by atoms with E-state index in [0.29, 0.717) is 5.57 Å². The van der Waals surface area contributed by atoms with Crippen LogP contribution in [0.15, 0.2) is 23.8 Å². The van der Waals surface area contributed by atoms with Gasteiger partial charge in [0, 0.05) is 11.8 Å². The zero-order valence-electron chi connectivity index (χ0n) is 16.1. The summed E-state index contributed by atoms with van der Waals surface area (Å²) in [6.07, 6.45) is -2.64. The molecular weight excluding hydrogens is 356 g/mol. The number of hydrogen-bond donors (Lipinski definition) is 5. The molecule has 2 aliphatic rings. The first-order valence-electron chi connectivity index (χ1n) is 9.02. The van der Waals surface area contributed by atoms with Crippen LogP contribution in [0.2, 0.25) is 0 Å². The van der Waals surface area contributed by atoms with E-state index in [0.717, 1.165) is 0 Å². The van der Waals surface area contributed by atoms with E-state index in [1.807, 2.05) is 0 Å². The molecule has 1 heterocycles. The zero-order chi connectivity index (χ0) is 20.6. The molecule has 0 aromatic carbocycles. The number of allylic oxidation sites excluding steroid dienone is 1. The van der Waals surface area contributed by atoms with Crippen LogP contribution < -0.4 is 0 Å². The molecule has 1 fully saturated rings. The second-order valence-corrected chi connectivity index (χ2v) is 8.02. The third kappa shape index (κ3) is 4.32. The number of hydrogen-bond acceptors (Lipinski definition) is 8. The molecule has 1 saturated heterocycles. The maximum atomic E-state index is 11.8. The van der Waals surface area contributed by atoms with Crippen LogP contribution in [-0.4, -0.2) is 80.3 Å². The maximum absolute atomic E-state index is 11.8. The molecule has 5 N–H and O–H groups in total. The van der Waals surface area contributed by atoms with Gasteiger partial charge in [0.2, 0.25) is 0 Å². The lowest BCUT2D eigenvalue weighted by molar-refractivity contribution is -0.306. The van der Waals surface area contributed by atoms with E-state index in [1.54, 1.807) is 39.8 Å². The molecule has 0 radical (unpaired) electrons. The van der Waals surface area contributed by atoms with Crippen molar-refractivity contribution in [1.82, 2.24) is 0 Å². The van der Waals surface area contributed by atoms with Crippen molar-refractivity contribution in [2.45, 2.75) is 76.5 Å². The van der Waals surface area contributed by atoms with Crippen molar-refractivity contribution in [3.63, 3.8) is 0 Å². The van der Waals surface area contributed by atoms with Gasteiger partial charge in [0.05, 0.1) is 12.7 Å².